The second kappa shape index (κ2) is 13.1. The first-order chi connectivity index (χ1) is 16.8. The van der Waals surface area contributed by atoms with E-state index in [0.717, 1.165) is 38.5 Å². The largest absolute Gasteiger partial charge is 0.369 e. The number of hydrogen-bond acceptors (Lipinski definition) is 3. The van der Waals surface area contributed by atoms with E-state index >= 15 is 0 Å². The number of piperazine rings is 1. The van der Waals surface area contributed by atoms with Crippen LogP contribution in [0.25, 0.3) is 0 Å². The van der Waals surface area contributed by atoms with E-state index in [9.17, 15) is 4.79 Å². The lowest BCUT2D eigenvalue weighted by molar-refractivity contribution is -0.130. The Kier molecular flexibility index (Phi) is 10.5. The Morgan fingerprint density at radius 3 is 2.20 bits per heavy atom. The summed E-state index contributed by atoms with van der Waals surface area (Å²) in [6.07, 6.45) is 9.35. The van der Waals surface area contributed by atoms with Gasteiger partial charge in [-0.3, -0.25) is 9.69 Å². The first kappa shape index (κ1) is 28.0. The third kappa shape index (κ3) is 7.71. The molecule has 0 spiro atoms. The molecule has 0 bridgehead atoms. The molecule has 2 fully saturated rings. The Labute approximate surface area is 216 Å². The standard InChI is InChI=1S/C31H53N3O/c1-7-10-19-32-20-22-34(23-21-32)29-24-25(12-18-30(35)33(8-2)9-3)11-17-28(29)26-13-15-27(16-14-26)31(4,5)6/h11,17,24,26-27H,7-10,12-16,18-23H2,1-6H3. The van der Waals surface area contributed by atoms with Crippen LogP contribution in [-0.4, -0.2) is 61.5 Å². The summed E-state index contributed by atoms with van der Waals surface area (Å²) in [4.78, 5) is 19.9. The Morgan fingerprint density at radius 1 is 0.971 bits per heavy atom. The summed E-state index contributed by atoms with van der Waals surface area (Å²) in [7, 11) is 0. The summed E-state index contributed by atoms with van der Waals surface area (Å²) in [6, 6.07) is 7.20. The molecule has 1 saturated carbocycles. The van der Waals surface area contributed by atoms with Crippen LogP contribution in [0.1, 0.15) is 104 Å². The lowest BCUT2D eigenvalue weighted by atomic mass is 9.68. The highest BCUT2D eigenvalue weighted by molar-refractivity contribution is 5.76. The van der Waals surface area contributed by atoms with Crippen LogP contribution >= 0.6 is 0 Å². The number of unbranched alkanes of at least 4 members (excludes halogenated alkanes) is 1. The topological polar surface area (TPSA) is 26.8 Å². The highest BCUT2D eigenvalue weighted by atomic mass is 16.2. The fourth-order valence-electron chi connectivity index (χ4n) is 6.21. The Morgan fingerprint density at radius 2 is 1.63 bits per heavy atom. The van der Waals surface area contributed by atoms with Crippen molar-refractivity contribution >= 4 is 11.6 Å². The monoisotopic (exact) mass is 483 g/mol. The molecule has 2 aliphatic rings. The molecule has 0 N–H and O–H groups in total. The predicted molar refractivity (Wildman–Crippen MR) is 150 cm³/mol. The van der Waals surface area contributed by atoms with E-state index in [2.05, 4.69) is 69.5 Å². The van der Waals surface area contributed by atoms with Crippen LogP contribution in [0.2, 0.25) is 0 Å². The molecule has 4 nitrogen and oxygen atoms in total. The van der Waals surface area contributed by atoms with Gasteiger partial charge in [-0.25, -0.2) is 0 Å². The minimum Gasteiger partial charge on any atom is -0.369 e. The van der Waals surface area contributed by atoms with Gasteiger partial charge in [0.05, 0.1) is 0 Å². The van der Waals surface area contributed by atoms with E-state index in [4.69, 9.17) is 0 Å². The Balaban J connectivity index is 1.75. The molecule has 4 heteroatoms. The molecule has 1 aliphatic carbocycles. The molecular formula is C31H53N3O. The molecule has 1 heterocycles. The molecular weight excluding hydrogens is 430 g/mol. The molecule has 0 atom stereocenters. The number of carbonyl (C=O) groups excluding carboxylic acids is 1. The molecule has 1 amide bonds. The molecule has 198 valence electrons. The van der Waals surface area contributed by atoms with Crippen molar-refractivity contribution in [3.8, 4) is 0 Å². The number of amides is 1. The van der Waals surface area contributed by atoms with Gasteiger partial charge in [0, 0.05) is 51.4 Å². The van der Waals surface area contributed by atoms with Crippen LogP contribution in [-0.2, 0) is 11.2 Å². The van der Waals surface area contributed by atoms with Gasteiger partial charge in [-0.2, -0.15) is 0 Å². The van der Waals surface area contributed by atoms with E-state index < -0.39 is 0 Å². The van der Waals surface area contributed by atoms with Crippen LogP contribution in [0, 0.1) is 11.3 Å². The average molecular weight is 484 g/mol. The molecule has 1 saturated heterocycles. The maximum absolute atomic E-state index is 12.6. The molecule has 1 aromatic rings. The van der Waals surface area contributed by atoms with Gasteiger partial charge >= 0.3 is 0 Å². The maximum atomic E-state index is 12.6. The summed E-state index contributed by atoms with van der Waals surface area (Å²) in [6.45, 7) is 21.1. The average Bonchev–Trinajstić information content (AvgIpc) is 2.86. The number of aryl methyl sites for hydroxylation is 1. The van der Waals surface area contributed by atoms with E-state index in [1.165, 1.54) is 69.4 Å². The van der Waals surface area contributed by atoms with Crippen molar-refractivity contribution in [3.63, 3.8) is 0 Å². The van der Waals surface area contributed by atoms with Gasteiger partial charge in [0.2, 0.25) is 5.91 Å². The lowest BCUT2D eigenvalue weighted by Gasteiger charge is -2.40. The molecule has 0 unspecified atom stereocenters. The number of anilines is 1. The van der Waals surface area contributed by atoms with E-state index in [-0.39, 0.29) is 5.91 Å². The fourth-order valence-corrected chi connectivity index (χ4v) is 6.21. The summed E-state index contributed by atoms with van der Waals surface area (Å²) in [5, 5.41) is 0. The minimum atomic E-state index is 0.283. The summed E-state index contributed by atoms with van der Waals surface area (Å²) in [5.41, 5.74) is 4.77. The zero-order valence-electron chi connectivity index (χ0n) is 23.7. The SMILES string of the molecule is CCCCN1CCN(c2cc(CCC(=O)N(CC)CC)ccc2C2CCC(C(C)(C)C)CC2)CC1. The van der Waals surface area contributed by atoms with Crippen molar-refractivity contribution in [2.75, 3.05) is 50.7 Å². The predicted octanol–water partition coefficient (Wildman–Crippen LogP) is 6.73. The van der Waals surface area contributed by atoms with Gasteiger partial charge in [-0.05, 0) is 93.4 Å². The highest BCUT2D eigenvalue weighted by Crippen LogP contribution is 2.45. The van der Waals surface area contributed by atoms with Gasteiger partial charge in [0.1, 0.15) is 0 Å². The number of benzene rings is 1. The summed E-state index contributed by atoms with van der Waals surface area (Å²) in [5.74, 6) is 1.80. The number of rotatable bonds is 10. The fraction of sp³-hybridized carbons (Fsp3) is 0.774. The zero-order chi connectivity index (χ0) is 25.4. The molecule has 1 aliphatic heterocycles. The minimum absolute atomic E-state index is 0.283. The zero-order valence-corrected chi connectivity index (χ0v) is 23.7. The second-order valence-corrected chi connectivity index (χ2v) is 12.1. The van der Waals surface area contributed by atoms with Crippen molar-refractivity contribution in [3.05, 3.63) is 29.3 Å². The third-order valence-electron chi connectivity index (χ3n) is 8.77. The van der Waals surface area contributed by atoms with Gasteiger partial charge in [-0.1, -0.05) is 46.2 Å². The maximum Gasteiger partial charge on any atom is 0.222 e. The molecule has 3 rings (SSSR count). The van der Waals surface area contributed by atoms with Gasteiger partial charge < -0.3 is 9.80 Å². The smallest absolute Gasteiger partial charge is 0.222 e. The van der Waals surface area contributed by atoms with Crippen LogP contribution < -0.4 is 4.90 Å². The van der Waals surface area contributed by atoms with Crippen LogP contribution in [0.4, 0.5) is 5.69 Å². The number of nitrogens with zero attached hydrogens (tertiary/aromatic N) is 3. The van der Waals surface area contributed by atoms with Crippen LogP contribution in [0.3, 0.4) is 0 Å². The Bertz CT molecular complexity index is 779. The summed E-state index contributed by atoms with van der Waals surface area (Å²) < 4.78 is 0. The van der Waals surface area contributed by atoms with Gasteiger partial charge in [-0.15, -0.1) is 0 Å². The second-order valence-electron chi connectivity index (χ2n) is 12.1. The van der Waals surface area contributed by atoms with Crippen molar-refractivity contribution in [1.29, 1.82) is 0 Å². The summed E-state index contributed by atoms with van der Waals surface area (Å²) >= 11 is 0. The van der Waals surface area contributed by atoms with Crippen LogP contribution in [0.5, 0.6) is 0 Å². The first-order valence-corrected chi connectivity index (χ1v) is 14.6. The lowest BCUT2D eigenvalue weighted by Crippen LogP contribution is -2.47. The van der Waals surface area contributed by atoms with Crippen molar-refractivity contribution in [2.45, 2.75) is 98.8 Å². The van der Waals surface area contributed by atoms with Gasteiger partial charge in [0.15, 0.2) is 0 Å². The van der Waals surface area contributed by atoms with E-state index in [1.54, 1.807) is 5.56 Å². The van der Waals surface area contributed by atoms with Crippen molar-refractivity contribution in [2.24, 2.45) is 11.3 Å². The normalized spacial score (nSPS) is 21.8. The molecule has 1 aromatic carbocycles. The quantitative estimate of drug-likeness (QED) is 0.369. The number of carbonyl (C=O) groups is 1. The van der Waals surface area contributed by atoms with E-state index in [0.29, 0.717) is 17.8 Å². The highest BCUT2D eigenvalue weighted by Gasteiger charge is 2.32. The number of hydrogen-bond donors (Lipinski definition) is 0. The van der Waals surface area contributed by atoms with Crippen LogP contribution in [0.15, 0.2) is 18.2 Å². The third-order valence-corrected chi connectivity index (χ3v) is 8.77. The first-order valence-electron chi connectivity index (χ1n) is 14.6. The van der Waals surface area contributed by atoms with Crippen molar-refractivity contribution in [1.82, 2.24) is 9.80 Å². The van der Waals surface area contributed by atoms with Crippen molar-refractivity contribution < 1.29 is 4.79 Å². The molecule has 35 heavy (non-hydrogen) atoms. The Hall–Kier alpha value is -1.55. The van der Waals surface area contributed by atoms with Gasteiger partial charge in [0.25, 0.3) is 0 Å². The molecule has 0 radical (unpaired) electrons. The molecule has 0 aromatic heterocycles. The van der Waals surface area contributed by atoms with E-state index in [1.807, 2.05) is 4.90 Å².